The van der Waals surface area contributed by atoms with Gasteiger partial charge in [0.15, 0.2) is 11.2 Å². The molecule has 7 nitrogen and oxygen atoms in total. The Morgan fingerprint density at radius 3 is 1.38 bits per heavy atom. The van der Waals surface area contributed by atoms with Crippen molar-refractivity contribution < 1.29 is 23.4 Å². The summed E-state index contributed by atoms with van der Waals surface area (Å²) in [6.45, 7) is 2.48. The van der Waals surface area contributed by atoms with Crippen LogP contribution in [-0.2, 0) is 0 Å². The molecule has 0 aliphatic carbocycles. The SMILES string of the molecule is CCOc1ccc2oc3ccccc3c(=O)c2c1.O=C(c1ccc(Oc2ccccc2)cc1)c1ccc(Oc2ccccc2)cc1.O=c1c2ccccc2sc2ccccc12. The van der Waals surface area contributed by atoms with Crippen LogP contribution in [0, 0.1) is 0 Å². The summed E-state index contributed by atoms with van der Waals surface area (Å²) in [6.07, 6.45) is 0. The summed E-state index contributed by atoms with van der Waals surface area (Å²) in [7, 11) is 0. The zero-order valence-electron chi connectivity index (χ0n) is 33.0. The zero-order valence-corrected chi connectivity index (χ0v) is 33.8. The molecule has 8 heteroatoms. The van der Waals surface area contributed by atoms with Crippen molar-refractivity contribution in [2.24, 2.45) is 0 Å². The first-order valence-corrected chi connectivity index (χ1v) is 20.4. The quantitative estimate of drug-likeness (QED) is 0.111. The molecule has 298 valence electrons. The second-order valence-electron chi connectivity index (χ2n) is 13.6. The molecule has 2 heterocycles. The molecule has 8 aromatic carbocycles. The van der Waals surface area contributed by atoms with E-state index in [2.05, 4.69) is 0 Å². The van der Waals surface area contributed by atoms with Crippen LogP contribution in [0.1, 0.15) is 22.8 Å². The fourth-order valence-electron chi connectivity index (χ4n) is 6.55. The third kappa shape index (κ3) is 9.57. The number of ether oxygens (including phenoxy) is 3. The van der Waals surface area contributed by atoms with Crippen molar-refractivity contribution in [3.8, 4) is 28.7 Å². The molecule has 0 spiro atoms. The summed E-state index contributed by atoms with van der Waals surface area (Å²) < 4.78 is 24.7. The second kappa shape index (κ2) is 18.8. The average Bonchev–Trinajstić information content (AvgIpc) is 3.31. The summed E-state index contributed by atoms with van der Waals surface area (Å²) in [5, 5.41) is 2.79. The van der Waals surface area contributed by atoms with E-state index in [0.717, 1.165) is 31.7 Å². The van der Waals surface area contributed by atoms with Crippen molar-refractivity contribution in [1.82, 2.24) is 0 Å². The minimum Gasteiger partial charge on any atom is -0.494 e. The molecule has 10 aromatic rings. The van der Waals surface area contributed by atoms with Crippen LogP contribution >= 0.6 is 11.3 Å². The van der Waals surface area contributed by atoms with Gasteiger partial charge in [0.2, 0.25) is 5.43 Å². The first kappa shape index (κ1) is 40.0. The van der Waals surface area contributed by atoms with Gasteiger partial charge in [0.25, 0.3) is 0 Å². The van der Waals surface area contributed by atoms with Crippen LogP contribution in [0.5, 0.6) is 28.7 Å². The maximum absolute atomic E-state index is 12.7. The van der Waals surface area contributed by atoms with Gasteiger partial charge in [-0.1, -0.05) is 72.8 Å². The molecule has 0 aliphatic heterocycles. The van der Waals surface area contributed by atoms with Crippen LogP contribution in [0.3, 0.4) is 0 Å². The standard InChI is InChI=1S/C25H18O3.C15H12O3.C13H8OS/c26-25(19-11-15-23(16-12-19)27-21-7-3-1-4-8-21)20-13-17-24(18-14-20)28-22-9-5-2-6-10-22;1-2-17-10-7-8-14-12(9-10)15(16)11-5-3-4-6-13(11)18-14;14-13-9-5-1-3-7-11(9)15-12-8-4-2-6-10(12)13/h1-18H;3-9H,2H2,1H3;1-8H. The highest BCUT2D eigenvalue weighted by molar-refractivity contribution is 7.24. The van der Waals surface area contributed by atoms with Gasteiger partial charge in [-0.25, -0.2) is 0 Å². The lowest BCUT2D eigenvalue weighted by molar-refractivity contribution is 0.103. The fourth-order valence-corrected chi connectivity index (χ4v) is 7.62. The number of para-hydroxylation sites is 3. The van der Waals surface area contributed by atoms with E-state index in [1.165, 1.54) is 0 Å². The van der Waals surface area contributed by atoms with Crippen molar-refractivity contribution in [2.75, 3.05) is 6.61 Å². The van der Waals surface area contributed by atoms with Crippen LogP contribution in [0.15, 0.2) is 214 Å². The Labute approximate surface area is 355 Å². The van der Waals surface area contributed by atoms with E-state index in [4.69, 9.17) is 18.6 Å². The molecule has 0 aliphatic rings. The van der Waals surface area contributed by atoms with Crippen LogP contribution in [0.2, 0.25) is 0 Å². The molecule has 2 aromatic heterocycles. The van der Waals surface area contributed by atoms with E-state index < -0.39 is 0 Å². The minimum absolute atomic E-state index is 0.0200. The summed E-state index contributed by atoms with van der Waals surface area (Å²) in [5.74, 6) is 3.54. The van der Waals surface area contributed by atoms with Crippen LogP contribution in [0.4, 0.5) is 0 Å². The molecule has 0 bridgehead atoms. The van der Waals surface area contributed by atoms with Gasteiger partial charge < -0.3 is 18.6 Å². The van der Waals surface area contributed by atoms with Gasteiger partial charge in [-0.05, 0) is 134 Å². The number of fused-ring (bicyclic) bond motifs is 4. The number of rotatable bonds is 8. The van der Waals surface area contributed by atoms with Gasteiger partial charge in [-0.2, -0.15) is 0 Å². The lowest BCUT2D eigenvalue weighted by atomic mass is 10.0. The molecule has 0 saturated heterocycles. The normalized spacial score (nSPS) is 10.6. The topological polar surface area (TPSA) is 92.0 Å². The fraction of sp³-hybridized carbons (Fsp3) is 0.0377. The third-order valence-corrected chi connectivity index (χ3v) is 10.7. The minimum atomic E-state index is -0.0440. The Bertz CT molecular complexity index is 3050. The van der Waals surface area contributed by atoms with E-state index in [9.17, 15) is 14.4 Å². The highest BCUT2D eigenvalue weighted by atomic mass is 32.1. The Balaban J connectivity index is 0.000000134. The Kier molecular flexibility index (Phi) is 12.4. The second-order valence-corrected chi connectivity index (χ2v) is 14.7. The lowest BCUT2D eigenvalue weighted by Crippen LogP contribution is -2.02. The predicted molar refractivity (Wildman–Crippen MR) is 246 cm³/mol. The monoisotopic (exact) mass is 818 g/mol. The van der Waals surface area contributed by atoms with Crippen molar-refractivity contribution in [1.29, 1.82) is 0 Å². The molecular weight excluding hydrogens is 781 g/mol. The molecule has 0 unspecified atom stereocenters. The number of ketones is 1. The van der Waals surface area contributed by atoms with Crippen molar-refractivity contribution in [3.63, 3.8) is 0 Å². The van der Waals surface area contributed by atoms with E-state index in [1.807, 2.05) is 134 Å². The molecule has 0 N–H and O–H groups in total. The summed E-state index contributed by atoms with van der Waals surface area (Å²) >= 11 is 1.67. The van der Waals surface area contributed by atoms with Gasteiger partial charge in [-0.15, -0.1) is 11.3 Å². The Morgan fingerprint density at radius 1 is 0.443 bits per heavy atom. The van der Waals surface area contributed by atoms with Gasteiger partial charge in [0.05, 0.1) is 17.4 Å². The predicted octanol–water partition coefficient (Wildman–Crippen LogP) is 13.3. The number of hydrogen-bond donors (Lipinski definition) is 0. The smallest absolute Gasteiger partial charge is 0.200 e. The van der Waals surface area contributed by atoms with Crippen LogP contribution in [0.25, 0.3) is 42.1 Å². The van der Waals surface area contributed by atoms with Crippen molar-refractivity contribution in [3.05, 3.63) is 232 Å². The highest BCUT2D eigenvalue weighted by Crippen LogP contribution is 2.26. The highest BCUT2D eigenvalue weighted by Gasteiger charge is 2.11. The van der Waals surface area contributed by atoms with Crippen molar-refractivity contribution in [2.45, 2.75) is 6.92 Å². The molecule has 0 amide bonds. The molecule has 0 fully saturated rings. The molecule has 0 radical (unpaired) electrons. The third-order valence-electron chi connectivity index (χ3n) is 9.53. The molecular formula is C53H38O7S. The van der Waals surface area contributed by atoms with Crippen molar-refractivity contribution >= 4 is 59.2 Å². The van der Waals surface area contributed by atoms with Crippen LogP contribution < -0.4 is 25.1 Å². The van der Waals surface area contributed by atoms with Gasteiger partial charge in [0, 0.05) is 31.3 Å². The lowest BCUT2D eigenvalue weighted by Gasteiger charge is -2.08. The first-order chi connectivity index (χ1) is 29.9. The maximum Gasteiger partial charge on any atom is 0.200 e. The van der Waals surface area contributed by atoms with Gasteiger partial charge >= 0.3 is 0 Å². The average molecular weight is 819 g/mol. The Hall–Kier alpha value is -7.81. The molecule has 0 atom stereocenters. The summed E-state index contributed by atoms with van der Waals surface area (Å²) in [4.78, 5) is 37.1. The number of carbonyl (C=O) groups excluding carboxylic acids is 1. The summed E-state index contributed by atoms with van der Waals surface area (Å²) in [6, 6.07) is 61.4. The van der Waals surface area contributed by atoms with E-state index >= 15 is 0 Å². The molecule has 10 rings (SSSR count). The van der Waals surface area contributed by atoms with E-state index in [-0.39, 0.29) is 16.6 Å². The van der Waals surface area contributed by atoms with E-state index in [1.54, 1.807) is 84.1 Å². The number of carbonyl (C=O) groups is 1. The van der Waals surface area contributed by atoms with Gasteiger partial charge in [0.1, 0.15) is 39.9 Å². The number of benzene rings is 8. The Morgan fingerprint density at radius 2 is 0.852 bits per heavy atom. The van der Waals surface area contributed by atoms with Gasteiger partial charge in [-0.3, -0.25) is 14.4 Å². The zero-order chi connectivity index (χ0) is 42.0. The number of hydrogen-bond acceptors (Lipinski definition) is 8. The molecule has 61 heavy (non-hydrogen) atoms. The van der Waals surface area contributed by atoms with Crippen LogP contribution in [-0.4, -0.2) is 12.4 Å². The molecule has 0 saturated carbocycles. The first-order valence-electron chi connectivity index (χ1n) is 19.6. The largest absolute Gasteiger partial charge is 0.494 e. The van der Waals surface area contributed by atoms with E-state index in [0.29, 0.717) is 56.9 Å². The summed E-state index contributed by atoms with van der Waals surface area (Å²) in [5.41, 5.74) is 2.53. The maximum atomic E-state index is 12.7.